The molecule has 2 aliphatic heterocycles. The molecule has 0 atom stereocenters. The molecule has 1 N–H and O–H groups in total. The number of nitrogens with one attached hydrogen (secondary N) is 1. The quantitative estimate of drug-likeness (QED) is 0.463. The van der Waals surface area contributed by atoms with Crippen molar-refractivity contribution in [3.05, 3.63) is 64.5 Å². The third-order valence-electron chi connectivity index (χ3n) is 5.44. The normalized spacial score (nSPS) is 18.4. The van der Waals surface area contributed by atoms with Crippen LogP contribution in [0.3, 0.4) is 0 Å². The second-order valence-electron chi connectivity index (χ2n) is 7.65. The minimum absolute atomic E-state index is 0.0278. The van der Waals surface area contributed by atoms with Gasteiger partial charge in [-0.3, -0.25) is 19.8 Å². The van der Waals surface area contributed by atoms with Crippen LogP contribution in [-0.4, -0.2) is 30.0 Å². The number of halogens is 1. The second-order valence-corrected chi connectivity index (χ2v) is 8.04. The third kappa shape index (κ3) is 3.73. The van der Waals surface area contributed by atoms with Gasteiger partial charge in [0.25, 0.3) is 11.8 Å². The van der Waals surface area contributed by atoms with E-state index in [-0.39, 0.29) is 16.5 Å². The summed E-state index contributed by atoms with van der Waals surface area (Å²) in [6.07, 6.45) is 3.54. The van der Waals surface area contributed by atoms with E-state index in [1.54, 1.807) is 12.1 Å². The van der Waals surface area contributed by atoms with Gasteiger partial charge in [0, 0.05) is 13.1 Å². The first kappa shape index (κ1) is 20.2. The Morgan fingerprint density at radius 2 is 1.83 bits per heavy atom. The van der Waals surface area contributed by atoms with E-state index >= 15 is 0 Å². The highest BCUT2D eigenvalue weighted by molar-refractivity contribution is 7.80. The van der Waals surface area contributed by atoms with E-state index in [9.17, 15) is 14.0 Å². The summed E-state index contributed by atoms with van der Waals surface area (Å²) in [6, 6.07) is 10.5. The lowest BCUT2D eigenvalue weighted by atomic mass is 10.0. The fraction of sp³-hybridized carbons (Fsp3) is 0.261. The predicted molar refractivity (Wildman–Crippen MR) is 120 cm³/mol. The van der Waals surface area contributed by atoms with Crippen LogP contribution in [0.25, 0.3) is 6.08 Å². The summed E-state index contributed by atoms with van der Waals surface area (Å²) < 4.78 is 14.8. The highest BCUT2D eigenvalue weighted by atomic mass is 32.1. The molecule has 0 saturated carbocycles. The monoisotopic (exact) mass is 423 g/mol. The van der Waals surface area contributed by atoms with Gasteiger partial charge in [0.1, 0.15) is 11.4 Å². The highest BCUT2D eigenvalue weighted by Gasteiger charge is 2.34. The number of thiocarbonyl (C=S) groups is 1. The van der Waals surface area contributed by atoms with Crippen LogP contribution in [0.4, 0.5) is 15.8 Å². The average molecular weight is 424 g/mol. The molecule has 2 saturated heterocycles. The van der Waals surface area contributed by atoms with E-state index in [0.717, 1.165) is 37.1 Å². The topological polar surface area (TPSA) is 52.7 Å². The summed E-state index contributed by atoms with van der Waals surface area (Å²) in [6.45, 7) is 5.42. The molecule has 5 nitrogen and oxygen atoms in total. The van der Waals surface area contributed by atoms with Crippen LogP contribution >= 0.6 is 12.2 Å². The average Bonchev–Trinajstić information content (AvgIpc) is 3.22. The third-order valence-corrected chi connectivity index (χ3v) is 5.73. The molecule has 7 heteroatoms. The van der Waals surface area contributed by atoms with Gasteiger partial charge in [0.2, 0.25) is 0 Å². The Kier molecular flexibility index (Phi) is 5.39. The Morgan fingerprint density at radius 1 is 1.10 bits per heavy atom. The van der Waals surface area contributed by atoms with Crippen LogP contribution in [-0.2, 0) is 9.59 Å². The Balaban J connectivity index is 1.71. The van der Waals surface area contributed by atoms with Gasteiger partial charge in [-0.1, -0.05) is 12.1 Å². The first-order valence-corrected chi connectivity index (χ1v) is 10.3. The van der Waals surface area contributed by atoms with Crippen molar-refractivity contribution in [1.29, 1.82) is 0 Å². The number of carbonyl (C=O) groups excluding carboxylic acids is 2. The number of anilines is 2. The minimum Gasteiger partial charge on any atom is -0.369 e. The summed E-state index contributed by atoms with van der Waals surface area (Å²) in [4.78, 5) is 29.0. The second kappa shape index (κ2) is 7.99. The molecule has 2 aliphatic rings. The number of benzene rings is 2. The van der Waals surface area contributed by atoms with Gasteiger partial charge in [0.15, 0.2) is 5.11 Å². The number of carbonyl (C=O) groups is 2. The minimum atomic E-state index is -0.586. The smallest absolute Gasteiger partial charge is 0.270 e. The number of rotatable bonds is 3. The van der Waals surface area contributed by atoms with E-state index < -0.39 is 11.8 Å². The number of amides is 2. The van der Waals surface area contributed by atoms with Crippen molar-refractivity contribution in [3.8, 4) is 0 Å². The van der Waals surface area contributed by atoms with Gasteiger partial charge in [-0.15, -0.1) is 0 Å². The van der Waals surface area contributed by atoms with E-state index in [4.69, 9.17) is 12.2 Å². The number of hydrogen-bond donors (Lipinski definition) is 1. The predicted octanol–water partition coefficient (Wildman–Crippen LogP) is 3.87. The summed E-state index contributed by atoms with van der Waals surface area (Å²) in [5.74, 6) is -1.47. The Morgan fingerprint density at radius 3 is 2.53 bits per heavy atom. The van der Waals surface area contributed by atoms with Gasteiger partial charge >= 0.3 is 0 Å². The summed E-state index contributed by atoms with van der Waals surface area (Å²) in [5, 5.41) is 2.59. The molecular weight excluding hydrogens is 401 g/mol. The van der Waals surface area contributed by atoms with Crippen molar-refractivity contribution in [2.45, 2.75) is 26.7 Å². The maximum atomic E-state index is 14.8. The van der Waals surface area contributed by atoms with Gasteiger partial charge in [-0.05, 0) is 85.9 Å². The summed E-state index contributed by atoms with van der Waals surface area (Å²) in [5.41, 5.74) is 3.30. The molecule has 0 bridgehead atoms. The first-order valence-electron chi connectivity index (χ1n) is 9.88. The first-order chi connectivity index (χ1) is 14.3. The standard InChI is InChI=1S/C23H22FN3O2S/c1-14-6-5-7-17(10-14)27-22(29)18(21(28)25-23(27)30)12-16-13-19(24)20(11-15(16)2)26-8-3-4-9-26/h5-7,10-13H,3-4,8-9H2,1-2H3,(H,25,28,30). The zero-order valence-electron chi connectivity index (χ0n) is 16.9. The van der Waals surface area contributed by atoms with E-state index in [1.807, 2.05) is 36.9 Å². The molecule has 2 fully saturated rings. The molecule has 0 spiro atoms. The van der Waals surface area contributed by atoms with Gasteiger partial charge < -0.3 is 4.90 Å². The van der Waals surface area contributed by atoms with Gasteiger partial charge in [-0.25, -0.2) is 4.39 Å². The molecule has 2 aromatic carbocycles. The largest absolute Gasteiger partial charge is 0.369 e. The molecule has 2 amide bonds. The highest BCUT2D eigenvalue weighted by Crippen LogP contribution is 2.29. The molecule has 30 heavy (non-hydrogen) atoms. The fourth-order valence-electron chi connectivity index (χ4n) is 3.85. The molecular formula is C23H22FN3O2S. The fourth-order valence-corrected chi connectivity index (χ4v) is 4.13. The molecule has 2 aromatic rings. The lowest BCUT2D eigenvalue weighted by Gasteiger charge is -2.29. The van der Waals surface area contributed by atoms with E-state index in [0.29, 0.717) is 16.9 Å². The zero-order chi connectivity index (χ0) is 21.4. The Bertz CT molecular complexity index is 1090. The SMILES string of the molecule is Cc1cccc(N2C(=O)C(=Cc3cc(F)c(N4CCCC4)cc3C)C(=O)NC2=S)c1. The van der Waals surface area contributed by atoms with Crippen LogP contribution in [0.2, 0.25) is 0 Å². The number of hydrogen-bond acceptors (Lipinski definition) is 4. The molecule has 0 aliphatic carbocycles. The molecule has 2 heterocycles. The maximum absolute atomic E-state index is 14.8. The molecule has 4 rings (SSSR count). The Hall–Kier alpha value is -3.06. The number of nitrogens with zero attached hydrogens (tertiary/aromatic N) is 2. The van der Waals surface area contributed by atoms with Crippen molar-refractivity contribution in [3.63, 3.8) is 0 Å². The summed E-state index contributed by atoms with van der Waals surface area (Å²) >= 11 is 5.23. The zero-order valence-corrected chi connectivity index (χ0v) is 17.7. The van der Waals surface area contributed by atoms with Crippen LogP contribution in [0, 0.1) is 19.7 Å². The van der Waals surface area contributed by atoms with Crippen molar-refractivity contribution in [1.82, 2.24) is 5.32 Å². The maximum Gasteiger partial charge on any atom is 0.270 e. The van der Waals surface area contributed by atoms with Crippen LogP contribution in [0.15, 0.2) is 42.0 Å². The van der Waals surface area contributed by atoms with Crippen LogP contribution in [0.5, 0.6) is 0 Å². The lowest BCUT2D eigenvalue weighted by molar-refractivity contribution is -0.122. The lowest BCUT2D eigenvalue weighted by Crippen LogP contribution is -2.54. The molecule has 154 valence electrons. The number of aryl methyl sites for hydroxylation is 2. The van der Waals surface area contributed by atoms with Crippen LogP contribution < -0.4 is 15.1 Å². The molecule has 0 aromatic heterocycles. The van der Waals surface area contributed by atoms with Crippen molar-refractivity contribution in [2.75, 3.05) is 22.9 Å². The molecule has 0 radical (unpaired) electrons. The summed E-state index contributed by atoms with van der Waals surface area (Å²) in [7, 11) is 0. The molecule has 0 unspecified atom stereocenters. The Labute approximate surface area is 180 Å². The van der Waals surface area contributed by atoms with Crippen molar-refractivity contribution >= 4 is 46.6 Å². The van der Waals surface area contributed by atoms with Gasteiger partial charge in [0.05, 0.1) is 11.4 Å². The van der Waals surface area contributed by atoms with E-state index in [1.165, 1.54) is 17.0 Å². The van der Waals surface area contributed by atoms with Crippen LogP contribution in [0.1, 0.15) is 29.5 Å². The van der Waals surface area contributed by atoms with Crippen molar-refractivity contribution in [2.24, 2.45) is 0 Å². The van der Waals surface area contributed by atoms with E-state index in [2.05, 4.69) is 5.32 Å². The van der Waals surface area contributed by atoms with Crippen molar-refractivity contribution < 1.29 is 14.0 Å². The van der Waals surface area contributed by atoms with Gasteiger partial charge in [-0.2, -0.15) is 0 Å².